The molecule has 0 N–H and O–H groups in total. The second-order valence-electron chi connectivity index (χ2n) is 11.1. The number of oxazole rings is 1. The zero-order valence-electron chi connectivity index (χ0n) is 24.8. The Labute approximate surface area is 261 Å². The molecule has 0 spiro atoms. The summed E-state index contributed by atoms with van der Waals surface area (Å²) in [5.74, 6) is 1.41. The van der Waals surface area contributed by atoms with E-state index in [0.29, 0.717) is 5.82 Å². The van der Waals surface area contributed by atoms with Crippen LogP contribution in [0.2, 0.25) is 0 Å². The summed E-state index contributed by atoms with van der Waals surface area (Å²) >= 11 is 0. The molecule has 4 heteroatoms. The highest BCUT2D eigenvalue weighted by molar-refractivity contribution is 6.10. The van der Waals surface area contributed by atoms with E-state index in [-0.39, 0.29) is 0 Å². The van der Waals surface area contributed by atoms with E-state index in [1.807, 2.05) is 42.5 Å². The SMILES string of the molecule is CCc1nc2cccc(-c3c(-c4ccccc4-c4nc(-c5ccccc5)cc(-c5ccccc5)n4)ccc4ccccc34)c2o1. The largest absolute Gasteiger partial charge is 0.440 e. The standard InChI is InChI=1S/C41H29N3O/c1-2-38-42-35-23-13-22-34(40(35)45-38)39-30-19-10-9-14-27(30)24-25-32(39)31-20-11-12-21-33(31)41-43-36(28-15-5-3-6-16-28)26-37(44-41)29-17-7-4-8-18-29/h3-26H,2H2,1H3. The van der Waals surface area contributed by atoms with Crippen molar-refractivity contribution >= 4 is 21.9 Å². The smallest absolute Gasteiger partial charge is 0.195 e. The molecule has 0 atom stereocenters. The fourth-order valence-corrected chi connectivity index (χ4v) is 6.12. The van der Waals surface area contributed by atoms with Crippen molar-refractivity contribution in [2.24, 2.45) is 0 Å². The van der Waals surface area contributed by atoms with Gasteiger partial charge in [-0.1, -0.05) is 140 Å². The van der Waals surface area contributed by atoms with Gasteiger partial charge in [0.05, 0.1) is 11.4 Å². The molecule has 0 amide bonds. The highest BCUT2D eigenvalue weighted by atomic mass is 16.3. The number of aromatic nitrogens is 3. The summed E-state index contributed by atoms with van der Waals surface area (Å²) in [6.07, 6.45) is 0.734. The molecule has 0 bridgehead atoms. The molecule has 0 saturated heterocycles. The van der Waals surface area contributed by atoms with E-state index in [4.69, 9.17) is 19.4 Å². The Morgan fingerprint density at radius 1 is 0.511 bits per heavy atom. The summed E-state index contributed by atoms with van der Waals surface area (Å²) < 4.78 is 6.35. The van der Waals surface area contributed by atoms with Crippen LogP contribution in [0.25, 0.3) is 78.0 Å². The Balaban J connectivity index is 1.41. The van der Waals surface area contributed by atoms with Crippen molar-refractivity contribution in [1.82, 2.24) is 15.0 Å². The highest BCUT2D eigenvalue weighted by Crippen LogP contribution is 2.44. The first-order chi connectivity index (χ1) is 22.3. The summed E-state index contributed by atoms with van der Waals surface area (Å²) in [5.41, 5.74) is 10.7. The number of para-hydroxylation sites is 1. The van der Waals surface area contributed by atoms with Crippen molar-refractivity contribution in [1.29, 1.82) is 0 Å². The van der Waals surface area contributed by atoms with Crippen LogP contribution in [0.5, 0.6) is 0 Å². The van der Waals surface area contributed by atoms with E-state index in [9.17, 15) is 0 Å². The topological polar surface area (TPSA) is 51.8 Å². The molecule has 45 heavy (non-hydrogen) atoms. The van der Waals surface area contributed by atoms with Crippen LogP contribution in [-0.2, 0) is 6.42 Å². The monoisotopic (exact) mass is 579 g/mol. The van der Waals surface area contributed by atoms with Crippen molar-refractivity contribution in [2.75, 3.05) is 0 Å². The van der Waals surface area contributed by atoms with Crippen LogP contribution in [0.15, 0.2) is 150 Å². The summed E-state index contributed by atoms with van der Waals surface area (Å²) in [5, 5.41) is 2.31. The van der Waals surface area contributed by atoms with E-state index < -0.39 is 0 Å². The minimum absolute atomic E-state index is 0.677. The number of hydrogen-bond acceptors (Lipinski definition) is 4. The van der Waals surface area contributed by atoms with Crippen molar-refractivity contribution in [3.63, 3.8) is 0 Å². The van der Waals surface area contributed by atoms with Gasteiger partial charge in [-0.2, -0.15) is 0 Å². The van der Waals surface area contributed by atoms with Crippen LogP contribution in [0.3, 0.4) is 0 Å². The van der Waals surface area contributed by atoms with E-state index in [0.717, 1.165) is 84.5 Å². The third-order valence-corrected chi connectivity index (χ3v) is 8.28. The van der Waals surface area contributed by atoms with Gasteiger partial charge < -0.3 is 4.42 Å². The summed E-state index contributed by atoms with van der Waals surface area (Å²) in [4.78, 5) is 15.1. The molecular weight excluding hydrogens is 550 g/mol. The van der Waals surface area contributed by atoms with Gasteiger partial charge >= 0.3 is 0 Å². The zero-order chi connectivity index (χ0) is 30.2. The van der Waals surface area contributed by atoms with Gasteiger partial charge in [0.1, 0.15) is 5.52 Å². The molecule has 6 aromatic carbocycles. The summed E-state index contributed by atoms with van der Waals surface area (Å²) in [6.45, 7) is 2.07. The maximum Gasteiger partial charge on any atom is 0.195 e. The molecule has 0 unspecified atom stereocenters. The van der Waals surface area contributed by atoms with E-state index >= 15 is 0 Å². The predicted octanol–water partition coefficient (Wildman–Crippen LogP) is 10.7. The molecule has 2 aromatic heterocycles. The van der Waals surface area contributed by atoms with Gasteiger partial charge in [-0.15, -0.1) is 0 Å². The first-order valence-corrected chi connectivity index (χ1v) is 15.3. The Morgan fingerprint density at radius 2 is 1.13 bits per heavy atom. The number of hydrogen-bond donors (Lipinski definition) is 0. The van der Waals surface area contributed by atoms with Gasteiger partial charge in [-0.05, 0) is 34.0 Å². The molecule has 2 heterocycles. The average Bonchev–Trinajstić information content (AvgIpc) is 3.56. The second kappa shape index (κ2) is 11.3. The number of rotatable bonds is 6. The van der Waals surface area contributed by atoms with Crippen LogP contribution < -0.4 is 0 Å². The normalized spacial score (nSPS) is 11.3. The number of aryl methyl sites for hydroxylation is 1. The average molecular weight is 580 g/mol. The predicted molar refractivity (Wildman–Crippen MR) is 184 cm³/mol. The zero-order valence-corrected chi connectivity index (χ0v) is 24.8. The maximum atomic E-state index is 6.35. The Morgan fingerprint density at radius 3 is 1.84 bits per heavy atom. The molecule has 0 aliphatic carbocycles. The van der Waals surface area contributed by atoms with Crippen molar-refractivity contribution in [3.8, 4) is 56.2 Å². The fourth-order valence-electron chi connectivity index (χ4n) is 6.12. The lowest BCUT2D eigenvalue weighted by Gasteiger charge is -2.17. The second-order valence-corrected chi connectivity index (χ2v) is 11.1. The molecule has 0 aliphatic rings. The lowest BCUT2D eigenvalue weighted by molar-refractivity contribution is 0.539. The van der Waals surface area contributed by atoms with Crippen LogP contribution in [0.1, 0.15) is 12.8 Å². The lowest BCUT2D eigenvalue weighted by atomic mass is 9.87. The van der Waals surface area contributed by atoms with Gasteiger partial charge in [-0.3, -0.25) is 0 Å². The highest BCUT2D eigenvalue weighted by Gasteiger charge is 2.21. The lowest BCUT2D eigenvalue weighted by Crippen LogP contribution is -1.98. The fraction of sp³-hybridized carbons (Fsp3) is 0.0488. The number of benzene rings is 6. The molecule has 0 saturated carbocycles. The van der Waals surface area contributed by atoms with E-state index in [1.165, 1.54) is 0 Å². The van der Waals surface area contributed by atoms with Crippen molar-refractivity contribution < 1.29 is 4.42 Å². The molecule has 8 rings (SSSR count). The van der Waals surface area contributed by atoms with E-state index in [1.54, 1.807) is 0 Å². The van der Waals surface area contributed by atoms with Gasteiger partial charge in [0, 0.05) is 34.2 Å². The molecule has 8 aromatic rings. The first-order valence-electron chi connectivity index (χ1n) is 15.3. The minimum atomic E-state index is 0.677. The van der Waals surface area contributed by atoms with Gasteiger partial charge in [-0.25, -0.2) is 15.0 Å². The molecule has 0 fully saturated rings. The van der Waals surface area contributed by atoms with E-state index in [2.05, 4.69) is 110 Å². The third-order valence-electron chi connectivity index (χ3n) is 8.28. The van der Waals surface area contributed by atoms with Crippen LogP contribution >= 0.6 is 0 Å². The van der Waals surface area contributed by atoms with Gasteiger partial charge in [0.2, 0.25) is 0 Å². The molecule has 0 aliphatic heterocycles. The summed E-state index contributed by atoms with van der Waals surface area (Å²) in [7, 11) is 0. The molecular formula is C41H29N3O. The van der Waals surface area contributed by atoms with Crippen LogP contribution in [-0.4, -0.2) is 15.0 Å². The number of fused-ring (bicyclic) bond motifs is 2. The molecule has 214 valence electrons. The minimum Gasteiger partial charge on any atom is -0.440 e. The number of nitrogens with zero attached hydrogens (tertiary/aromatic N) is 3. The molecule has 0 radical (unpaired) electrons. The van der Waals surface area contributed by atoms with Crippen molar-refractivity contribution in [2.45, 2.75) is 13.3 Å². The van der Waals surface area contributed by atoms with Crippen LogP contribution in [0, 0.1) is 0 Å². The quantitative estimate of drug-likeness (QED) is 0.197. The summed E-state index contributed by atoms with van der Waals surface area (Å²) in [6, 6.07) is 50.3. The first kappa shape index (κ1) is 26.7. The third kappa shape index (κ3) is 4.87. The Kier molecular flexibility index (Phi) is 6.73. The van der Waals surface area contributed by atoms with Gasteiger partial charge in [0.15, 0.2) is 17.3 Å². The Hall–Kier alpha value is -5.87. The molecule has 4 nitrogen and oxygen atoms in total. The van der Waals surface area contributed by atoms with Crippen LogP contribution in [0.4, 0.5) is 0 Å². The van der Waals surface area contributed by atoms with Crippen molar-refractivity contribution in [3.05, 3.63) is 151 Å². The Bertz CT molecular complexity index is 2250. The maximum absolute atomic E-state index is 6.35. The van der Waals surface area contributed by atoms with Gasteiger partial charge in [0.25, 0.3) is 0 Å².